The molecule has 0 saturated heterocycles. The summed E-state index contributed by atoms with van der Waals surface area (Å²) in [4.78, 5) is 54.3. The van der Waals surface area contributed by atoms with Gasteiger partial charge < -0.3 is 14.6 Å². The Labute approximate surface area is 208 Å². The van der Waals surface area contributed by atoms with Gasteiger partial charge in [0.15, 0.2) is 5.13 Å². The van der Waals surface area contributed by atoms with Crippen LogP contribution in [0.5, 0.6) is 0 Å². The molecule has 13 heteroatoms. The molecule has 1 N–H and O–H groups in total. The van der Waals surface area contributed by atoms with Crippen LogP contribution in [0.3, 0.4) is 0 Å². The molecule has 0 aliphatic heterocycles. The van der Waals surface area contributed by atoms with E-state index in [-0.39, 0.29) is 29.2 Å². The van der Waals surface area contributed by atoms with E-state index < -0.39 is 5.97 Å². The zero-order chi connectivity index (χ0) is 25.4. The number of amides is 1. The monoisotopic (exact) mass is 507 g/mol. The summed E-state index contributed by atoms with van der Waals surface area (Å²) >= 11 is 1.01. The molecule has 3 aromatic heterocycles. The number of aryl methyl sites for hydroxylation is 2. The molecule has 12 nitrogen and oxygen atoms in total. The second-order valence-electron chi connectivity index (χ2n) is 8.41. The van der Waals surface area contributed by atoms with E-state index in [1.54, 1.807) is 20.9 Å². The highest BCUT2D eigenvalue weighted by atomic mass is 32.1. The minimum Gasteiger partial charge on any atom is -0.391 e. The largest absolute Gasteiger partial charge is 0.391 e. The molecule has 36 heavy (non-hydrogen) atoms. The molecule has 1 aliphatic carbocycles. The Balaban J connectivity index is 1.26. The zero-order valence-corrected chi connectivity index (χ0v) is 20.4. The van der Waals surface area contributed by atoms with Gasteiger partial charge in [0.1, 0.15) is 17.0 Å². The van der Waals surface area contributed by atoms with Crippen LogP contribution < -0.4 is 10.2 Å². The third-order valence-electron chi connectivity index (χ3n) is 5.99. The number of benzene rings is 1. The van der Waals surface area contributed by atoms with Gasteiger partial charge in [-0.1, -0.05) is 16.5 Å². The molecule has 184 valence electrons. The van der Waals surface area contributed by atoms with E-state index in [1.807, 2.05) is 18.2 Å². The molecule has 0 spiro atoms. The lowest BCUT2D eigenvalue weighted by molar-refractivity contribution is -0.125. The van der Waals surface area contributed by atoms with Crippen molar-refractivity contribution in [1.82, 2.24) is 25.1 Å². The van der Waals surface area contributed by atoms with E-state index >= 15 is 0 Å². The van der Waals surface area contributed by atoms with E-state index in [4.69, 9.17) is 4.52 Å². The predicted molar refractivity (Wildman–Crippen MR) is 129 cm³/mol. The summed E-state index contributed by atoms with van der Waals surface area (Å²) in [5.41, 5.74) is 1.96. The maximum atomic E-state index is 13.0. The third kappa shape index (κ3) is 4.40. The van der Waals surface area contributed by atoms with Crippen LogP contribution in [0.4, 0.5) is 10.9 Å². The van der Waals surface area contributed by atoms with Gasteiger partial charge in [0, 0.05) is 36.9 Å². The summed E-state index contributed by atoms with van der Waals surface area (Å²) in [5, 5.41) is 8.58. The second kappa shape index (κ2) is 9.41. The summed E-state index contributed by atoms with van der Waals surface area (Å²) in [5.74, 6) is 0.553. The summed E-state index contributed by atoms with van der Waals surface area (Å²) in [6, 6.07) is 5.72. The number of aromatic nitrogens is 5. The van der Waals surface area contributed by atoms with E-state index in [0.717, 1.165) is 27.8 Å². The first-order chi connectivity index (χ1) is 17.3. The van der Waals surface area contributed by atoms with Crippen molar-refractivity contribution in [2.45, 2.75) is 32.7 Å². The molecule has 1 fully saturated rings. The van der Waals surface area contributed by atoms with Crippen molar-refractivity contribution in [2.75, 3.05) is 17.3 Å². The number of nitrogens with zero attached hydrogens (tertiary/aromatic N) is 6. The van der Waals surface area contributed by atoms with Gasteiger partial charge in [0.25, 0.3) is 0 Å². The molecule has 1 aliphatic rings. The lowest BCUT2D eigenvalue weighted by Gasteiger charge is -2.36. The van der Waals surface area contributed by atoms with Crippen LogP contribution in [0.1, 0.15) is 34.1 Å². The summed E-state index contributed by atoms with van der Waals surface area (Å²) in [6.07, 6.45) is 2.72. The van der Waals surface area contributed by atoms with Gasteiger partial charge in [-0.05, 0) is 38.0 Å². The molecular formula is C23H21N7O5S. The van der Waals surface area contributed by atoms with Crippen LogP contribution in [-0.2, 0) is 14.3 Å². The second-order valence-corrected chi connectivity index (χ2v) is 9.39. The SMILES string of the molecule is Cc1nc(-c2ccc3ncnc(N[C@H]4C[C@@H](C(=O)N(C)c5nc(C)c(C(=O)OC=O)s5)C4)c3c2)no1. The first-order valence-corrected chi connectivity index (χ1v) is 11.9. The Morgan fingerprint density at radius 2 is 2.03 bits per heavy atom. The zero-order valence-electron chi connectivity index (χ0n) is 19.6. The molecule has 1 aromatic carbocycles. The first-order valence-electron chi connectivity index (χ1n) is 11.1. The third-order valence-corrected chi connectivity index (χ3v) is 7.21. The molecule has 3 heterocycles. The summed E-state index contributed by atoms with van der Waals surface area (Å²) in [6.45, 7) is 3.43. The van der Waals surface area contributed by atoms with Crippen LogP contribution in [0, 0.1) is 19.8 Å². The van der Waals surface area contributed by atoms with Crippen LogP contribution >= 0.6 is 11.3 Å². The van der Waals surface area contributed by atoms with Crippen molar-refractivity contribution in [1.29, 1.82) is 0 Å². The van der Waals surface area contributed by atoms with E-state index in [0.29, 0.717) is 41.2 Å². The smallest absolute Gasteiger partial charge is 0.357 e. The van der Waals surface area contributed by atoms with Crippen LogP contribution in [-0.4, -0.2) is 56.5 Å². The highest BCUT2D eigenvalue weighted by Crippen LogP contribution is 2.35. The fraction of sp³-hybridized carbons (Fsp3) is 0.304. The van der Waals surface area contributed by atoms with Gasteiger partial charge in [-0.15, -0.1) is 0 Å². The maximum absolute atomic E-state index is 13.0. The van der Waals surface area contributed by atoms with Crippen molar-refractivity contribution in [3.8, 4) is 11.4 Å². The lowest BCUT2D eigenvalue weighted by Crippen LogP contribution is -2.45. The van der Waals surface area contributed by atoms with Crippen molar-refractivity contribution in [3.63, 3.8) is 0 Å². The van der Waals surface area contributed by atoms with E-state index in [9.17, 15) is 14.4 Å². The highest BCUT2D eigenvalue weighted by molar-refractivity contribution is 7.17. The fourth-order valence-electron chi connectivity index (χ4n) is 4.04. The number of fused-ring (bicyclic) bond motifs is 1. The van der Waals surface area contributed by atoms with Gasteiger partial charge in [-0.2, -0.15) is 4.98 Å². The molecule has 0 radical (unpaired) electrons. The number of nitrogens with one attached hydrogen (secondary N) is 1. The molecular weight excluding hydrogens is 486 g/mol. The molecule has 0 unspecified atom stereocenters. The van der Waals surface area contributed by atoms with Gasteiger partial charge in [-0.25, -0.2) is 19.7 Å². The Kier molecular flexibility index (Phi) is 6.14. The Morgan fingerprint density at radius 1 is 1.22 bits per heavy atom. The average molecular weight is 508 g/mol. The number of rotatable bonds is 7. The number of esters is 1. The van der Waals surface area contributed by atoms with Gasteiger partial charge >= 0.3 is 12.4 Å². The maximum Gasteiger partial charge on any atom is 0.357 e. The van der Waals surface area contributed by atoms with Crippen LogP contribution in [0.15, 0.2) is 29.0 Å². The Morgan fingerprint density at radius 3 is 2.75 bits per heavy atom. The Hall–Kier alpha value is -4.26. The minimum atomic E-state index is -0.783. The van der Waals surface area contributed by atoms with Gasteiger partial charge in [-0.3, -0.25) is 14.5 Å². The van der Waals surface area contributed by atoms with Crippen molar-refractivity contribution < 1.29 is 23.6 Å². The lowest BCUT2D eigenvalue weighted by atomic mass is 9.79. The van der Waals surface area contributed by atoms with E-state index in [2.05, 4.69) is 35.1 Å². The number of carbonyl (C=O) groups excluding carboxylic acids is 3. The predicted octanol–water partition coefficient (Wildman–Crippen LogP) is 2.92. The van der Waals surface area contributed by atoms with Crippen molar-refractivity contribution in [3.05, 3.63) is 41.0 Å². The fourth-order valence-corrected chi connectivity index (χ4v) is 4.96. The molecule has 1 amide bonds. The number of ether oxygens (including phenoxy) is 1. The topological polar surface area (TPSA) is 153 Å². The number of anilines is 2. The number of thiazole rings is 1. The molecule has 4 aromatic rings. The normalized spacial score (nSPS) is 16.9. The minimum absolute atomic E-state index is 0.0534. The van der Waals surface area contributed by atoms with Gasteiger partial charge in [0.05, 0.1) is 11.2 Å². The van der Waals surface area contributed by atoms with Gasteiger partial charge in [0.2, 0.25) is 17.6 Å². The molecule has 5 rings (SSSR count). The number of hydrogen-bond acceptors (Lipinski definition) is 12. The Bertz CT molecular complexity index is 1480. The quantitative estimate of drug-likeness (QED) is 0.223. The van der Waals surface area contributed by atoms with Crippen molar-refractivity contribution >= 4 is 51.5 Å². The summed E-state index contributed by atoms with van der Waals surface area (Å²) in [7, 11) is 1.62. The van der Waals surface area contributed by atoms with Crippen LogP contribution in [0.2, 0.25) is 0 Å². The molecule has 0 atom stereocenters. The average Bonchev–Trinajstić information content (AvgIpc) is 3.45. The number of carbonyl (C=O) groups is 3. The van der Waals surface area contributed by atoms with Crippen LogP contribution in [0.25, 0.3) is 22.3 Å². The first kappa shape index (κ1) is 23.5. The van der Waals surface area contributed by atoms with Crippen molar-refractivity contribution in [2.24, 2.45) is 5.92 Å². The number of hydrogen-bond donors (Lipinski definition) is 1. The van der Waals surface area contributed by atoms with E-state index in [1.165, 1.54) is 11.2 Å². The molecule has 1 saturated carbocycles. The molecule has 0 bridgehead atoms. The standard InChI is InChI=1S/C23H21N7O5S/c1-11-18(22(33)34-10-31)36-23(26-11)30(3)21(32)14-6-15(7-14)28-20-16-8-13(19-27-12(2)35-29-19)4-5-17(16)24-9-25-20/h4-5,8-10,14-15H,6-7H2,1-3H3,(H,24,25,28)/t14-,15+. The summed E-state index contributed by atoms with van der Waals surface area (Å²) < 4.78 is 9.48. The highest BCUT2D eigenvalue weighted by Gasteiger charge is 2.37.